The van der Waals surface area contributed by atoms with Crippen molar-refractivity contribution >= 4 is 11.9 Å². The number of carbonyl (C=O) groups excluding carboxylic acids is 2. The summed E-state index contributed by atoms with van der Waals surface area (Å²) in [6, 6.07) is 6.33. The molecular formula is C16H21NO4. The van der Waals surface area contributed by atoms with Crippen LogP contribution >= 0.6 is 0 Å². The molecule has 0 aromatic heterocycles. The quantitative estimate of drug-likeness (QED) is 0.858. The van der Waals surface area contributed by atoms with E-state index in [0.717, 1.165) is 18.4 Å². The first-order chi connectivity index (χ1) is 10.2. The van der Waals surface area contributed by atoms with Crippen LogP contribution in [0.3, 0.4) is 0 Å². The van der Waals surface area contributed by atoms with Crippen LogP contribution in [0.15, 0.2) is 24.3 Å². The van der Waals surface area contributed by atoms with Gasteiger partial charge in [-0.15, -0.1) is 0 Å². The normalized spacial score (nSPS) is 18.4. The van der Waals surface area contributed by atoms with Gasteiger partial charge in [-0.2, -0.15) is 0 Å². The molecule has 5 heteroatoms. The maximum Gasteiger partial charge on any atom is 0.328 e. The largest absolute Gasteiger partial charge is 0.464 e. The number of esters is 1. The maximum absolute atomic E-state index is 12.6. The third-order valence-electron chi connectivity index (χ3n) is 3.71. The number of nitrogens with zero attached hydrogens (tertiary/aromatic N) is 1. The number of amides is 1. The zero-order chi connectivity index (χ0) is 15.2. The van der Waals surface area contributed by atoms with E-state index in [0.29, 0.717) is 25.1 Å². The van der Waals surface area contributed by atoms with Gasteiger partial charge >= 0.3 is 5.97 Å². The summed E-state index contributed by atoms with van der Waals surface area (Å²) < 4.78 is 5.07. The zero-order valence-corrected chi connectivity index (χ0v) is 12.2. The van der Waals surface area contributed by atoms with Crippen molar-refractivity contribution in [3.63, 3.8) is 0 Å². The van der Waals surface area contributed by atoms with Crippen LogP contribution in [0.5, 0.6) is 0 Å². The summed E-state index contributed by atoms with van der Waals surface area (Å²) in [6.45, 7) is 2.61. The van der Waals surface area contributed by atoms with E-state index >= 15 is 0 Å². The summed E-state index contributed by atoms with van der Waals surface area (Å²) in [5.74, 6) is -0.477. The Hall–Kier alpha value is -1.88. The Labute approximate surface area is 124 Å². The van der Waals surface area contributed by atoms with Gasteiger partial charge in [-0.05, 0) is 43.9 Å². The molecule has 0 saturated carbocycles. The molecule has 0 aliphatic carbocycles. The van der Waals surface area contributed by atoms with Gasteiger partial charge in [-0.25, -0.2) is 4.79 Å². The van der Waals surface area contributed by atoms with Crippen LogP contribution in [-0.4, -0.2) is 41.1 Å². The second kappa shape index (κ2) is 7.22. The van der Waals surface area contributed by atoms with Gasteiger partial charge in [0.2, 0.25) is 0 Å². The van der Waals surface area contributed by atoms with E-state index in [9.17, 15) is 9.59 Å². The lowest BCUT2D eigenvalue weighted by molar-refractivity contribution is -0.149. The Bertz CT molecular complexity index is 498. The molecule has 0 spiro atoms. The molecule has 21 heavy (non-hydrogen) atoms. The van der Waals surface area contributed by atoms with Gasteiger partial charge in [0.25, 0.3) is 5.91 Å². The Morgan fingerprint density at radius 2 is 2.00 bits per heavy atom. The molecule has 0 bridgehead atoms. The summed E-state index contributed by atoms with van der Waals surface area (Å²) in [7, 11) is 0. The molecule has 1 saturated heterocycles. The first-order valence-corrected chi connectivity index (χ1v) is 7.34. The van der Waals surface area contributed by atoms with Crippen LogP contribution in [0, 0.1) is 0 Å². The molecule has 1 aromatic rings. The number of carbonyl (C=O) groups is 2. The molecule has 1 atom stereocenters. The molecule has 1 aliphatic heterocycles. The summed E-state index contributed by atoms with van der Waals surface area (Å²) in [5.41, 5.74) is 1.29. The maximum atomic E-state index is 12.6. The summed E-state index contributed by atoms with van der Waals surface area (Å²) in [6.07, 6.45) is 2.48. The Balaban J connectivity index is 2.15. The molecular weight excluding hydrogens is 270 g/mol. The second-order valence-electron chi connectivity index (χ2n) is 5.12. The third kappa shape index (κ3) is 3.61. The van der Waals surface area contributed by atoms with E-state index in [1.807, 2.05) is 0 Å². The number of likely N-dealkylation sites (tertiary alicyclic amines) is 1. The predicted octanol–water partition coefficient (Wildman–Crippen LogP) is 1.74. The Kier molecular flexibility index (Phi) is 5.33. The molecule has 0 radical (unpaired) electrons. The SMILES string of the molecule is CCOC(=O)C1CCCCN1C(=O)c1ccc(CO)cc1. The fourth-order valence-corrected chi connectivity index (χ4v) is 2.58. The number of hydrogen-bond acceptors (Lipinski definition) is 4. The average molecular weight is 291 g/mol. The van der Waals surface area contributed by atoms with Crippen molar-refractivity contribution in [3.05, 3.63) is 35.4 Å². The number of aliphatic hydroxyl groups is 1. The second-order valence-corrected chi connectivity index (χ2v) is 5.12. The highest BCUT2D eigenvalue weighted by Gasteiger charge is 2.33. The highest BCUT2D eigenvalue weighted by atomic mass is 16.5. The first-order valence-electron chi connectivity index (χ1n) is 7.34. The van der Waals surface area contributed by atoms with Gasteiger partial charge in [0, 0.05) is 12.1 Å². The van der Waals surface area contributed by atoms with Gasteiger partial charge in [0.05, 0.1) is 13.2 Å². The fourth-order valence-electron chi connectivity index (χ4n) is 2.58. The zero-order valence-electron chi connectivity index (χ0n) is 12.2. The lowest BCUT2D eigenvalue weighted by atomic mass is 10.0. The number of hydrogen-bond donors (Lipinski definition) is 1. The van der Waals surface area contributed by atoms with Gasteiger partial charge in [-0.1, -0.05) is 12.1 Å². The van der Waals surface area contributed by atoms with E-state index in [1.165, 1.54) is 0 Å². The highest BCUT2D eigenvalue weighted by Crippen LogP contribution is 2.21. The number of piperidine rings is 1. The van der Waals surface area contributed by atoms with Crippen molar-refractivity contribution in [3.8, 4) is 0 Å². The standard InChI is InChI=1S/C16H21NO4/c1-2-21-16(20)14-5-3-4-10-17(14)15(19)13-8-6-12(11-18)7-9-13/h6-9,14,18H,2-5,10-11H2,1H3. The minimum absolute atomic E-state index is 0.0519. The first kappa shape index (κ1) is 15.5. The van der Waals surface area contributed by atoms with Crippen molar-refractivity contribution in [2.45, 2.75) is 38.8 Å². The molecule has 1 aliphatic rings. The molecule has 2 rings (SSSR count). The summed E-state index contributed by atoms with van der Waals surface area (Å²) in [5, 5.41) is 9.03. The van der Waals surface area contributed by atoms with Gasteiger partial charge < -0.3 is 14.7 Å². The minimum Gasteiger partial charge on any atom is -0.464 e. The van der Waals surface area contributed by atoms with Gasteiger partial charge in [0.1, 0.15) is 6.04 Å². The monoisotopic (exact) mass is 291 g/mol. The van der Waals surface area contributed by atoms with Crippen LogP contribution in [0.4, 0.5) is 0 Å². The molecule has 5 nitrogen and oxygen atoms in total. The lowest BCUT2D eigenvalue weighted by Crippen LogP contribution is -2.48. The number of aliphatic hydroxyl groups excluding tert-OH is 1. The number of rotatable bonds is 4. The fraction of sp³-hybridized carbons (Fsp3) is 0.500. The number of ether oxygens (including phenoxy) is 1. The molecule has 1 heterocycles. The highest BCUT2D eigenvalue weighted by molar-refractivity contribution is 5.97. The van der Waals surface area contributed by atoms with Crippen LogP contribution < -0.4 is 0 Å². The summed E-state index contributed by atoms with van der Waals surface area (Å²) in [4.78, 5) is 26.2. The van der Waals surface area contributed by atoms with Crippen LogP contribution in [0.2, 0.25) is 0 Å². The average Bonchev–Trinajstić information content (AvgIpc) is 2.54. The van der Waals surface area contributed by atoms with Gasteiger partial charge in [0.15, 0.2) is 0 Å². The smallest absolute Gasteiger partial charge is 0.328 e. The minimum atomic E-state index is -0.483. The third-order valence-corrected chi connectivity index (χ3v) is 3.71. The van der Waals surface area contributed by atoms with E-state index in [-0.39, 0.29) is 18.5 Å². The van der Waals surface area contributed by atoms with Crippen molar-refractivity contribution in [1.29, 1.82) is 0 Å². The van der Waals surface area contributed by atoms with Crippen LogP contribution in [0.25, 0.3) is 0 Å². The molecule has 114 valence electrons. The predicted molar refractivity (Wildman–Crippen MR) is 77.7 cm³/mol. The molecule has 1 fully saturated rings. The van der Waals surface area contributed by atoms with Crippen molar-refractivity contribution in [2.75, 3.05) is 13.2 Å². The topological polar surface area (TPSA) is 66.8 Å². The van der Waals surface area contributed by atoms with Crippen LogP contribution in [-0.2, 0) is 16.1 Å². The van der Waals surface area contributed by atoms with E-state index in [4.69, 9.17) is 9.84 Å². The molecule has 1 aromatic carbocycles. The lowest BCUT2D eigenvalue weighted by Gasteiger charge is -2.34. The van der Waals surface area contributed by atoms with E-state index in [1.54, 1.807) is 36.1 Å². The van der Waals surface area contributed by atoms with E-state index < -0.39 is 6.04 Å². The van der Waals surface area contributed by atoms with Crippen molar-refractivity contribution in [1.82, 2.24) is 4.90 Å². The Morgan fingerprint density at radius 3 is 2.62 bits per heavy atom. The summed E-state index contributed by atoms with van der Waals surface area (Å²) >= 11 is 0. The molecule has 1 amide bonds. The molecule has 1 unspecified atom stereocenters. The van der Waals surface area contributed by atoms with E-state index in [2.05, 4.69) is 0 Å². The van der Waals surface area contributed by atoms with Crippen molar-refractivity contribution in [2.24, 2.45) is 0 Å². The van der Waals surface area contributed by atoms with Crippen molar-refractivity contribution < 1.29 is 19.4 Å². The number of benzene rings is 1. The van der Waals surface area contributed by atoms with Gasteiger partial charge in [-0.3, -0.25) is 4.79 Å². The Morgan fingerprint density at radius 1 is 1.29 bits per heavy atom. The molecule has 1 N–H and O–H groups in total. The van der Waals surface area contributed by atoms with Crippen LogP contribution in [0.1, 0.15) is 42.1 Å².